The molecule has 2 N–H and O–H groups in total. The van der Waals surface area contributed by atoms with Crippen LogP contribution in [0.15, 0.2) is 21.8 Å². The normalized spacial score (nSPS) is 14.7. The van der Waals surface area contributed by atoms with Crippen LogP contribution in [0.4, 0.5) is 0 Å². The van der Waals surface area contributed by atoms with Gasteiger partial charge in [-0.25, -0.2) is 0 Å². The topological polar surface area (TPSA) is 57.8 Å². The summed E-state index contributed by atoms with van der Waals surface area (Å²) in [5.41, 5.74) is 0.731. The van der Waals surface area contributed by atoms with E-state index in [0.29, 0.717) is 5.76 Å². The van der Waals surface area contributed by atoms with Crippen LogP contribution >= 0.6 is 0 Å². The van der Waals surface area contributed by atoms with E-state index in [4.69, 9.17) is 9.44 Å². The molecule has 0 saturated carbocycles. The second-order valence-corrected chi connectivity index (χ2v) is 2.03. The minimum absolute atomic E-state index is 0.617. The van der Waals surface area contributed by atoms with Crippen molar-refractivity contribution in [1.82, 2.24) is 5.34 Å². The first-order valence-electron chi connectivity index (χ1n) is 2.92. The zero-order valence-corrected chi connectivity index (χ0v) is 5.11. The molecule has 0 amide bonds. The molecular formula is C5H5BN2O2. The van der Waals surface area contributed by atoms with E-state index in [1.54, 1.807) is 6.07 Å². The van der Waals surface area contributed by atoms with Gasteiger partial charge in [0.25, 0.3) is 0 Å². The third kappa shape index (κ3) is 0.641. The van der Waals surface area contributed by atoms with Crippen LogP contribution in [0, 0.1) is 0 Å². The molecule has 10 heavy (non-hydrogen) atoms. The van der Waals surface area contributed by atoms with Crippen LogP contribution in [-0.2, 0) is 0 Å². The second-order valence-electron chi connectivity index (χ2n) is 2.03. The molecule has 0 fully saturated rings. The summed E-state index contributed by atoms with van der Waals surface area (Å²) in [7, 11) is -0.723. The molecule has 50 valence electrons. The molecule has 0 saturated heterocycles. The van der Waals surface area contributed by atoms with Gasteiger partial charge in [-0.1, -0.05) is 0 Å². The number of furan rings is 1. The monoisotopic (exact) mass is 136 g/mol. The van der Waals surface area contributed by atoms with Gasteiger partial charge >= 0.3 is 7.05 Å². The average Bonchev–Trinajstić information content (AvgIpc) is 2.36. The van der Waals surface area contributed by atoms with Crippen molar-refractivity contribution in [1.29, 1.82) is 0 Å². The highest BCUT2D eigenvalue weighted by molar-refractivity contribution is 6.65. The Kier molecular flexibility index (Phi) is 1.04. The van der Waals surface area contributed by atoms with Crippen molar-refractivity contribution in [2.24, 2.45) is 5.10 Å². The highest BCUT2D eigenvalue weighted by Gasteiger charge is 2.22. The Morgan fingerprint density at radius 2 is 2.60 bits per heavy atom. The first-order valence-corrected chi connectivity index (χ1v) is 2.92. The first kappa shape index (κ1) is 5.55. The Bertz CT molecular complexity index is 270. The van der Waals surface area contributed by atoms with Crippen LogP contribution in [0.3, 0.4) is 0 Å². The van der Waals surface area contributed by atoms with Crippen LogP contribution in [0.5, 0.6) is 0 Å². The maximum absolute atomic E-state index is 9.17. The maximum atomic E-state index is 9.17. The van der Waals surface area contributed by atoms with Crippen LogP contribution in [-0.4, -0.2) is 18.3 Å². The quantitative estimate of drug-likeness (QED) is 0.445. The van der Waals surface area contributed by atoms with Crippen LogP contribution in [0.1, 0.15) is 5.76 Å². The van der Waals surface area contributed by atoms with Crippen molar-refractivity contribution < 1.29 is 9.44 Å². The molecule has 0 bridgehead atoms. The van der Waals surface area contributed by atoms with E-state index >= 15 is 0 Å². The zero-order valence-electron chi connectivity index (χ0n) is 5.11. The minimum Gasteiger partial charge on any atom is -0.464 e. The van der Waals surface area contributed by atoms with Crippen LogP contribution in [0.25, 0.3) is 0 Å². The number of nitrogens with one attached hydrogen (secondary N) is 1. The third-order valence-corrected chi connectivity index (χ3v) is 1.40. The molecular weight excluding hydrogens is 131 g/mol. The van der Waals surface area contributed by atoms with Crippen molar-refractivity contribution in [2.75, 3.05) is 0 Å². The van der Waals surface area contributed by atoms with E-state index in [-0.39, 0.29) is 0 Å². The number of hydrazone groups is 1. The lowest BCUT2D eigenvalue weighted by Crippen LogP contribution is -2.45. The summed E-state index contributed by atoms with van der Waals surface area (Å²) in [6, 6.07) is 1.71. The molecule has 5 heteroatoms. The van der Waals surface area contributed by atoms with E-state index in [2.05, 4.69) is 10.4 Å². The van der Waals surface area contributed by atoms with Crippen molar-refractivity contribution in [3.05, 3.63) is 18.1 Å². The van der Waals surface area contributed by atoms with Crippen molar-refractivity contribution in [3.8, 4) is 0 Å². The van der Waals surface area contributed by atoms with Gasteiger partial charge in [0.2, 0.25) is 0 Å². The lowest BCUT2D eigenvalue weighted by molar-refractivity contribution is 0.546. The van der Waals surface area contributed by atoms with E-state index in [1.165, 1.54) is 12.5 Å². The number of fused-ring (bicyclic) bond motifs is 1. The predicted octanol–water partition coefficient (Wildman–Crippen LogP) is -1.10. The lowest BCUT2D eigenvalue weighted by Gasteiger charge is -2.07. The maximum Gasteiger partial charge on any atom is 0.467 e. The Labute approximate surface area is 57.7 Å². The molecule has 1 aliphatic rings. The van der Waals surface area contributed by atoms with E-state index < -0.39 is 7.05 Å². The fourth-order valence-electron chi connectivity index (χ4n) is 0.898. The van der Waals surface area contributed by atoms with Crippen LogP contribution in [0.2, 0.25) is 0 Å². The Hall–Kier alpha value is -1.23. The molecule has 1 aromatic rings. The molecule has 0 spiro atoms. The van der Waals surface area contributed by atoms with Crippen molar-refractivity contribution in [3.63, 3.8) is 0 Å². The van der Waals surface area contributed by atoms with Gasteiger partial charge in [-0.05, 0) is 6.07 Å². The number of hydrogen-bond acceptors (Lipinski definition) is 4. The van der Waals surface area contributed by atoms with Gasteiger partial charge in [0, 0.05) is 5.46 Å². The summed E-state index contributed by atoms with van der Waals surface area (Å²) in [6.45, 7) is 0. The number of nitrogens with zero attached hydrogens (tertiary/aromatic N) is 1. The summed E-state index contributed by atoms with van der Waals surface area (Å²) >= 11 is 0. The summed E-state index contributed by atoms with van der Waals surface area (Å²) in [5.74, 6) is 0.617. The molecule has 0 atom stereocenters. The Morgan fingerprint density at radius 3 is 3.40 bits per heavy atom. The summed E-state index contributed by atoms with van der Waals surface area (Å²) in [4.78, 5) is 0. The number of rotatable bonds is 0. The third-order valence-electron chi connectivity index (χ3n) is 1.40. The fraction of sp³-hybridized carbons (Fsp3) is 0. The number of hydrogen-bond donors (Lipinski definition) is 2. The van der Waals surface area contributed by atoms with Crippen molar-refractivity contribution >= 4 is 18.7 Å². The van der Waals surface area contributed by atoms with Gasteiger partial charge in [0.15, 0.2) is 0 Å². The average molecular weight is 136 g/mol. The lowest BCUT2D eigenvalue weighted by atomic mass is 9.75. The molecule has 0 aromatic carbocycles. The molecule has 2 heterocycles. The summed E-state index contributed by atoms with van der Waals surface area (Å²) < 4.78 is 4.98. The smallest absolute Gasteiger partial charge is 0.464 e. The highest BCUT2D eigenvalue weighted by Crippen LogP contribution is 1.97. The van der Waals surface area contributed by atoms with E-state index in [0.717, 1.165) is 5.46 Å². The zero-order chi connectivity index (χ0) is 6.97. The summed E-state index contributed by atoms with van der Waals surface area (Å²) in [5, 5.41) is 15.3. The first-order chi connectivity index (χ1) is 4.88. The predicted molar refractivity (Wildman–Crippen MR) is 37.0 cm³/mol. The van der Waals surface area contributed by atoms with Gasteiger partial charge in [0.1, 0.15) is 5.76 Å². The Balaban J connectivity index is 2.52. The minimum atomic E-state index is -0.723. The van der Waals surface area contributed by atoms with Crippen molar-refractivity contribution in [2.45, 2.75) is 0 Å². The summed E-state index contributed by atoms with van der Waals surface area (Å²) in [6.07, 6.45) is 3.05. The largest absolute Gasteiger partial charge is 0.467 e. The molecule has 4 nitrogen and oxygen atoms in total. The van der Waals surface area contributed by atoms with Gasteiger partial charge in [-0.3, -0.25) is 0 Å². The molecule has 1 aromatic heterocycles. The SMILES string of the molecule is OB1NN=Cc2occc21. The van der Waals surface area contributed by atoms with Gasteiger partial charge < -0.3 is 14.8 Å². The standard InChI is InChI=1S/C5H5BN2O2/c9-6-4-1-2-10-5(4)3-7-8-6/h1-3,8-9H. The van der Waals surface area contributed by atoms with E-state index in [9.17, 15) is 0 Å². The Morgan fingerprint density at radius 1 is 1.70 bits per heavy atom. The second kappa shape index (κ2) is 1.88. The molecule has 0 unspecified atom stereocenters. The highest BCUT2D eigenvalue weighted by atomic mass is 16.3. The molecule has 0 aliphatic carbocycles. The van der Waals surface area contributed by atoms with E-state index in [1.807, 2.05) is 0 Å². The van der Waals surface area contributed by atoms with Gasteiger partial charge in [-0.15, -0.1) is 0 Å². The molecule has 0 radical (unpaired) electrons. The van der Waals surface area contributed by atoms with Gasteiger partial charge in [-0.2, -0.15) is 5.10 Å². The van der Waals surface area contributed by atoms with Gasteiger partial charge in [0.05, 0.1) is 12.5 Å². The molecule has 2 rings (SSSR count). The fourth-order valence-corrected chi connectivity index (χ4v) is 0.898. The van der Waals surface area contributed by atoms with Crippen LogP contribution < -0.4 is 10.8 Å². The molecule has 1 aliphatic heterocycles.